The van der Waals surface area contributed by atoms with Gasteiger partial charge in [-0.05, 0) is 19.1 Å². The summed E-state index contributed by atoms with van der Waals surface area (Å²) >= 11 is 5.93. The Bertz CT molecular complexity index is 504. The SMILES string of the molecule is COc1cc(N2C(=O)CNC(=O)C2C)ccc1Cl. The number of rotatable bonds is 2. The maximum atomic E-state index is 11.9. The number of ether oxygens (including phenoxy) is 1. The van der Waals surface area contributed by atoms with Crippen LogP contribution in [0.3, 0.4) is 0 Å². The molecule has 0 bridgehead atoms. The first-order valence-electron chi connectivity index (χ1n) is 5.48. The topological polar surface area (TPSA) is 58.6 Å². The summed E-state index contributed by atoms with van der Waals surface area (Å²) in [5.41, 5.74) is 0.601. The number of carbonyl (C=O) groups is 2. The van der Waals surface area contributed by atoms with Gasteiger partial charge in [0.25, 0.3) is 0 Å². The lowest BCUT2D eigenvalue weighted by atomic mass is 10.1. The lowest BCUT2D eigenvalue weighted by Crippen LogP contribution is -2.57. The smallest absolute Gasteiger partial charge is 0.247 e. The molecule has 0 saturated carbocycles. The first-order chi connectivity index (χ1) is 8.54. The molecule has 2 amide bonds. The van der Waals surface area contributed by atoms with Crippen molar-refractivity contribution in [3.05, 3.63) is 23.2 Å². The van der Waals surface area contributed by atoms with Crippen LogP contribution in [-0.2, 0) is 9.59 Å². The van der Waals surface area contributed by atoms with Crippen LogP contribution in [0.25, 0.3) is 0 Å². The average molecular weight is 269 g/mol. The van der Waals surface area contributed by atoms with Gasteiger partial charge in [-0.25, -0.2) is 0 Å². The highest BCUT2D eigenvalue weighted by Crippen LogP contribution is 2.30. The third-order valence-corrected chi connectivity index (χ3v) is 3.17. The Hall–Kier alpha value is -1.75. The molecule has 96 valence electrons. The predicted molar refractivity (Wildman–Crippen MR) is 68.0 cm³/mol. The van der Waals surface area contributed by atoms with Crippen LogP contribution >= 0.6 is 11.6 Å². The van der Waals surface area contributed by atoms with E-state index in [-0.39, 0.29) is 18.4 Å². The maximum Gasteiger partial charge on any atom is 0.247 e. The van der Waals surface area contributed by atoms with Crippen molar-refractivity contribution in [1.29, 1.82) is 0 Å². The third-order valence-electron chi connectivity index (χ3n) is 2.86. The first-order valence-corrected chi connectivity index (χ1v) is 5.85. The van der Waals surface area contributed by atoms with Crippen molar-refractivity contribution in [2.75, 3.05) is 18.6 Å². The summed E-state index contributed by atoms with van der Waals surface area (Å²) in [4.78, 5) is 24.9. The van der Waals surface area contributed by atoms with E-state index in [4.69, 9.17) is 16.3 Å². The zero-order chi connectivity index (χ0) is 13.3. The predicted octanol–water partition coefficient (Wildman–Crippen LogP) is 1.20. The summed E-state index contributed by atoms with van der Waals surface area (Å²) in [5, 5.41) is 2.99. The highest BCUT2D eigenvalue weighted by Gasteiger charge is 2.32. The van der Waals surface area contributed by atoms with Crippen LogP contribution in [0.15, 0.2) is 18.2 Å². The number of methoxy groups -OCH3 is 1. The van der Waals surface area contributed by atoms with E-state index in [1.807, 2.05) is 0 Å². The van der Waals surface area contributed by atoms with Crippen LogP contribution in [0.5, 0.6) is 5.75 Å². The zero-order valence-corrected chi connectivity index (χ0v) is 10.8. The van der Waals surface area contributed by atoms with Gasteiger partial charge < -0.3 is 10.1 Å². The molecule has 1 saturated heterocycles. The third kappa shape index (κ3) is 2.13. The molecule has 1 aliphatic heterocycles. The van der Waals surface area contributed by atoms with Crippen molar-refractivity contribution in [1.82, 2.24) is 5.32 Å². The quantitative estimate of drug-likeness (QED) is 0.877. The number of nitrogens with zero attached hydrogens (tertiary/aromatic N) is 1. The summed E-state index contributed by atoms with van der Waals surface area (Å²) in [6.07, 6.45) is 0. The van der Waals surface area contributed by atoms with Crippen molar-refractivity contribution >= 4 is 29.1 Å². The Morgan fingerprint density at radius 1 is 1.44 bits per heavy atom. The Morgan fingerprint density at radius 3 is 2.83 bits per heavy atom. The summed E-state index contributed by atoms with van der Waals surface area (Å²) in [5.74, 6) is 0.134. The van der Waals surface area contributed by atoms with E-state index in [1.54, 1.807) is 25.1 Å². The van der Waals surface area contributed by atoms with Crippen molar-refractivity contribution in [3.63, 3.8) is 0 Å². The number of carbonyl (C=O) groups excluding carboxylic acids is 2. The van der Waals surface area contributed by atoms with Crippen LogP contribution in [0.1, 0.15) is 6.92 Å². The molecule has 1 aromatic rings. The highest BCUT2D eigenvalue weighted by molar-refractivity contribution is 6.32. The zero-order valence-electron chi connectivity index (χ0n) is 10.1. The number of benzene rings is 1. The molecule has 1 unspecified atom stereocenters. The van der Waals surface area contributed by atoms with Gasteiger partial charge in [-0.1, -0.05) is 11.6 Å². The van der Waals surface area contributed by atoms with Gasteiger partial charge in [0, 0.05) is 11.8 Å². The lowest BCUT2D eigenvalue weighted by Gasteiger charge is -2.32. The summed E-state index contributed by atoms with van der Waals surface area (Å²) < 4.78 is 5.10. The second-order valence-electron chi connectivity index (χ2n) is 3.98. The van der Waals surface area contributed by atoms with Crippen LogP contribution in [-0.4, -0.2) is 31.5 Å². The van der Waals surface area contributed by atoms with E-state index in [2.05, 4.69) is 5.32 Å². The molecule has 0 aliphatic carbocycles. The number of halogens is 1. The molecule has 1 fully saturated rings. The normalized spacial score (nSPS) is 19.7. The summed E-state index contributed by atoms with van der Waals surface area (Å²) in [6.45, 7) is 1.68. The summed E-state index contributed by atoms with van der Waals surface area (Å²) in [7, 11) is 1.50. The van der Waals surface area contributed by atoms with Crippen molar-refractivity contribution in [2.45, 2.75) is 13.0 Å². The van der Waals surface area contributed by atoms with E-state index >= 15 is 0 Å². The molecule has 0 aromatic heterocycles. The van der Waals surface area contributed by atoms with Crippen molar-refractivity contribution in [3.8, 4) is 5.75 Å². The molecule has 1 N–H and O–H groups in total. The van der Waals surface area contributed by atoms with E-state index in [0.717, 1.165) is 0 Å². The molecule has 5 nitrogen and oxygen atoms in total. The Morgan fingerprint density at radius 2 is 2.17 bits per heavy atom. The van der Waals surface area contributed by atoms with Crippen molar-refractivity contribution in [2.24, 2.45) is 0 Å². The molecule has 1 atom stereocenters. The van der Waals surface area contributed by atoms with Crippen LogP contribution in [0, 0.1) is 0 Å². The molecular weight excluding hydrogens is 256 g/mol. The van der Waals surface area contributed by atoms with Crippen molar-refractivity contribution < 1.29 is 14.3 Å². The minimum atomic E-state index is -0.544. The van der Waals surface area contributed by atoms with E-state index in [0.29, 0.717) is 16.5 Å². The van der Waals surface area contributed by atoms with Crippen LogP contribution in [0.4, 0.5) is 5.69 Å². The molecule has 6 heteroatoms. The molecule has 1 aromatic carbocycles. The number of hydrogen-bond donors (Lipinski definition) is 1. The van der Waals surface area contributed by atoms with Gasteiger partial charge in [0.1, 0.15) is 11.8 Å². The van der Waals surface area contributed by atoms with Gasteiger partial charge in [0.05, 0.1) is 18.7 Å². The monoisotopic (exact) mass is 268 g/mol. The molecule has 1 aliphatic rings. The largest absolute Gasteiger partial charge is 0.495 e. The van der Waals surface area contributed by atoms with E-state index < -0.39 is 6.04 Å². The van der Waals surface area contributed by atoms with Gasteiger partial charge in [0.15, 0.2) is 0 Å². The number of nitrogens with one attached hydrogen (secondary N) is 1. The second-order valence-corrected chi connectivity index (χ2v) is 4.38. The second kappa shape index (κ2) is 4.86. The average Bonchev–Trinajstić information content (AvgIpc) is 2.36. The molecule has 2 rings (SSSR count). The molecule has 18 heavy (non-hydrogen) atoms. The van der Waals surface area contributed by atoms with Gasteiger partial charge in [0.2, 0.25) is 11.8 Å². The lowest BCUT2D eigenvalue weighted by molar-refractivity contribution is -0.130. The fourth-order valence-electron chi connectivity index (χ4n) is 1.89. The number of hydrogen-bond acceptors (Lipinski definition) is 3. The Kier molecular flexibility index (Phi) is 3.43. The van der Waals surface area contributed by atoms with Gasteiger partial charge in [-0.3, -0.25) is 14.5 Å². The molecule has 0 spiro atoms. The van der Waals surface area contributed by atoms with Gasteiger partial charge >= 0.3 is 0 Å². The standard InChI is InChI=1S/C12H13ClN2O3/c1-7-12(17)14-6-11(16)15(7)8-3-4-9(13)10(5-8)18-2/h3-5,7H,6H2,1-2H3,(H,14,17). The first kappa shape index (κ1) is 12.7. The number of anilines is 1. The fraction of sp³-hybridized carbons (Fsp3) is 0.333. The van der Waals surface area contributed by atoms with Crippen LogP contribution in [0.2, 0.25) is 5.02 Å². The molecular formula is C12H13ClN2O3. The van der Waals surface area contributed by atoms with Gasteiger partial charge in [-0.2, -0.15) is 0 Å². The minimum absolute atomic E-state index is 0.00805. The Balaban J connectivity index is 2.40. The molecule has 0 radical (unpaired) electrons. The fourth-order valence-corrected chi connectivity index (χ4v) is 2.09. The van der Waals surface area contributed by atoms with Crippen LogP contribution < -0.4 is 15.0 Å². The highest BCUT2D eigenvalue weighted by atomic mass is 35.5. The number of amides is 2. The maximum absolute atomic E-state index is 11.9. The molecule has 1 heterocycles. The van der Waals surface area contributed by atoms with E-state index in [9.17, 15) is 9.59 Å². The Labute approximate surface area is 110 Å². The van der Waals surface area contributed by atoms with E-state index in [1.165, 1.54) is 12.0 Å². The van der Waals surface area contributed by atoms with Gasteiger partial charge in [-0.15, -0.1) is 0 Å². The minimum Gasteiger partial charge on any atom is -0.495 e. The summed E-state index contributed by atoms with van der Waals surface area (Å²) in [6, 6.07) is 4.44. The number of piperazine rings is 1.